The fourth-order valence-corrected chi connectivity index (χ4v) is 3.80. The number of unbranched alkanes of at least 4 members (excludes halogenated alkanes) is 13. The van der Waals surface area contributed by atoms with Gasteiger partial charge in [0.05, 0.1) is 17.7 Å². The third-order valence-electron chi connectivity index (χ3n) is 5.88. The monoisotopic (exact) mass is 495 g/mol. The van der Waals surface area contributed by atoms with E-state index in [4.69, 9.17) is 5.11 Å². The van der Waals surface area contributed by atoms with Gasteiger partial charge in [0, 0.05) is 6.54 Å². The topological polar surface area (TPSA) is 113 Å². The molecule has 0 saturated carbocycles. The first kappa shape index (κ1) is 30.6. The van der Waals surface area contributed by atoms with Crippen molar-refractivity contribution < 1.29 is 33.7 Å². The Labute approximate surface area is 208 Å². The lowest BCUT2D eigenvalue weighted by Gasteiger charge is -2.10. The van der Waals surface area contributed by atoms with Crippen molar-refractivity contribution >= 4 is 23.6 Å². The standard InChI is InChI=1S/C27H42FNO6/c1-2-3-4-5-6-7-8-9-10-11-12-13-14-15-18-29-23-17-16-21(19-22(23)28)26(33)35-27(34)24(30)20-25(31)32/h16-17,19,24,29-30H,2-15,18,20H2,1H3,(H,31,32). The van der Waals surface area contributed by atoms with Crippen LogP contribution < -0.4 is 5.32 Å². The molecule has 0 saturated heterocycles. The number of ether oxygens (including phenoxy) is 1. The van der Waals surface area contributed by atoms with Crippen molar-refractivity contribution in [2.45, 2.75) is 109 Å². The van der Waals surface area contributed by atoms with Gasteiger partial charge in [0.15, 0.2) is 6.10 Å². The van der Waals surface area contributed by atoms with Gasteiger partial charge in [-0.3, -0.25) is 4.79 Å². The minimum atomic E-state index is -1.97. The van der Waals surface area contributed by atoms with Crippen molar-refractivity contribution in [2.24, 2.45) is 0 Å². The van der Waals surface area contributed by atoms with Crippen LogP contribution in [0.2, 0.25) is 0 Å². The molecule has 1 rings (SSSR count). The van der Waals surface area contributed by atoms with E-state index in [1.165, 1.54) is 82.8 Å². The van der Waals surface area contributed by atoms with Crippen molar-refractivity contribution in [3.05, 3.63) is 29.6 Å². The highest BCUT2D eigenvalue weighted by Crippen LogP contribution is 2.18. The number of carboxylic acids is 1. The molecule has 0 bridgehead atoms. The molecule has 1 aromatic carbocycles. The lowest BCUT2D eigenvalue weighted by atomic mass is 10.0. The number of carbonyl (C=O) groups excluding carboxylic acids is 2. The molecule has 0 amide bonds. The molecule has 0 aromatic heterocycles. The average molecular weight is 496 g/mol. The van der Waals surface area contributed by atoms with Gasteiger partial charge >= 0.3 is 17.9 Å². The third-order valence-corrected chi connectivity index (χ3v) is 5.88. The van der Waals surface area contributed by atoms with Crippen LogP contribution in [0.1, 0.15) is 114 Å². The van der Waals surface area contributed by atoms with Crippen LogP contribution in [0.25, 0.3) is 0 Å². The Balaban J connectivity index is 2.14. The Kier molecular flexibility index (Phi) is 16.4. The molecule has 7 nitrogen and oxygen atoms in total. The molecule has 1 unspecified atom stereocenters. The summed E-state index contributed by atoms with van der Waals surface area (Å²) in [6.07, 6.45) is 14.9. The predicted molar refractivity (Wildman–Crippen MR) is 134 cm³/mol. The summed E-state index contributed by atoms with van der Waals surface area (Å²) >= 11 is 0. The average Bonchev–Trinajstić information content (AvgIpc) is 2.81. The largest absolute Gasteiger partial charge is 0.481 e. The zero-order valence-corrected chi connectivity index (χ0v) is 21.0. The minimum absolute atomic E-state index is 0.208. The maximum atomic E-state index is 14.3. The van der Waals surface area contributed by atoms with E-state index in [0.717, 1.165) is 25.3 Å². The van der Waals surface area contributed by atoms with Gasteiger partial charge < -0.3 is 20.3 Å². The number of rotatable bonds is 20. The number of aliphatic carboxylic acids is 1. The number of aliphatic hydroxyl groups excluding tert-OH is 1. The third kappa shape index (κ3) is 14.5. The number of anilines is 1. The molecule has 35 heavy (non-hydrogen) atoms. The fraction of sp³-hybridized carbons (Fsp3) is 0.667. The molecule has 198 valence electrons. The normalized spacial score (nSPS) is 11.7. The number of carbonyl (C=O) groups is 3. The van der Waals surface area contributed by atoms with Gasteiger partial charge in [-0.2, -0.15) is 0 Å². The van der Waals surface area contributed by atoms with Gasteiger partial charge in [-0.05, 0) is 24.6 Å². The second-order valence-corrected chi connectivity index (χ2v) is 9.04. The van der Waals surface area contributed by atoms with Crippen LogP contribution in [0, 0.1) is 5.82 Å². The van der Waals surface area contributed by atoms with Gasteiger partial charge in [0.1, 0.15) is 5.82 Å². The quantitative estimate of drug-likeness (QED) is 0.111. The van der Waals surface area contributed by atoms with Crippen molar-refractivity contribution in [1.29, 1.82) is 0 Å². The number of aliphatic hydroxyl groups is 1. The lowest BCUT2D eigenvalue weighted by Crippen LogP contribution is -2.28. The molecule has 0 radical (unpaired) electrons. The molecule has 0 aliphatic rings. The second-order valence-electron chi connectivity index (χ2n) is 9.04. The number of hydrogen-bond acceptors (Lipinski definition) is 6. The van der Waals surface area contributed by atoms with Crippen LogP contribution in [-0.4, -0.2) is 40.8 Å². The molecule has 0 spiro atoms. The SMILES string of the molecule is CCCCCCCCCCCCCCCCNc1ccc(C(=O)OC(=O)C(O)CC(=O)O)cc1F. The molecule has 8 heteroatoms. The summed E-state index contributed by atoms with van der Waals surface area (Å²) in [6, 6.07) is 3.62. The molecule has 3 N–H and O–H groups in total. The van der Waals surface area contributed by atoms with E-state index >= 15 is 0 Å². The van der Waals surface area contributed by atoms with Gasteiger partial charge in [0.2, 0.25) is 0 Å². The predicted octanol–water partition coefficient (Wildman–Crippen LogP) is 6.24. The highest BCUT2D eigenvalue weighted by Gasteiger charge is 2.24. The van der Waals surface area contributed by atoms with Crippen LogP contribution in [-0.2, 0) is 14.3 Å². The minimum Gasteiger partial charge on any atom is -0.481 e. The summed E-state index contributed by atoms with van der Waals surface area (Å²) in [7, 11) is 0. The number of nitrogens with one attached hydrogen (secondary N) is 1. The highest BCUT2D eigenvalue weighted by molar-refractivity contribution is 5.98. The van der Waals surface area contributed by atoms with E-state index in [-0.39, 0.29) is 11.3 Å². The number of benzene rings is 1. The molecule has 0 fully saturated rings. The number of carboxylic acid groups (broad SMARTS) is 1. The zero-order chi connectivity index (χ0) is 25.9. The van der Waals surface area contributed by atoms with Crippen LogP contribution in [0.3, 0.4) is 0 Å². The zero-order valence-electron chi connectivity index (χ0n) is 21.0. The maximum Gasteiger partial charge on any atom is 0.345 e. The molecule has 1 aromatic rings. The van der Waals surface area contributed by atoms with E-state index in [1.807, 2.05) is 0 Å². The van der Waals surface area contributed by atoms with Gasteiger partial charge in [-0.1, -0.05) is 90.4 Å². The summed E-state index contributed by atoms with van der Waals surface area (Å²) in [5.74, 6) is -4.62. The van der Waals surface area contributed by atoms with Crippen LogP contribution >= 0.6 is 0 Å². The Morgan fingerprint density at radius 3 is 1.89 bits per heavy atom. The summed E-state index contributed by atoms with van der Waals surface area (Å²) in [4.78, 5) is 33.9. The van der Waals surface area contributed by atoms with Crippen molar-refractivity contribution in [3.8, 4) is 0 Å². The molecule has 0 aliphatic heterocycles. The Bertz CT molecular complexity index is 770. The van der Waals surface area contributed by atoms with Gasteiger partial charge in [-0.15, -0.1) is 0 Å². The van der Waals surface area contributed by atoms with Crippen LogP contribution in [0.15, 0.2) is 18.2 Å². The van der Waals surface area contributed by atoms with Crippen molar-refractivity contribution in [1.82, 2.24) is 0 Å². The first-order valence-electron chi connectivity index (χ1n) is 13.0. The Morgan fingerprint density at radius 1 is 0.886 bits per heavy atom. The van der Waals surface area contributed by atoms with E-state index in [9.17, 15) is 23.9 Å². The molecule has 1 atom stereocenters. The highest BCUT2D eigenvalue weighted by atomic mass is 19.1. The lowest BCUT2D eigenvalue weighted by molar-refractivity contribution is -0.153. The Hall–Kier alpha value is -2.48. The molecular formula is C27H42FNO6. The summed E-state index contributed by atoms with van der Waals surface area (Å²) in [6.45, 7) is 2.85. The van der Waals surface area contributed by atoms with Crippen molar-refractivity contribution in [2.75, 3.05) is 11.9 Å². The summed E-state index contributed by atoms with van der Waals surface area (Å²) in [5.41, 5.74) is 0.0360. The van der Waals surface area contributed by atoms with Crippen molar-refractivity contribution in [3.63, 3.8) is 0 Å². The maximum absolute atomic E-state index is 14.3. The first-order chi connectivity index (χ1) is 16.8. The summed E-state index contributed by atoms with van der Waals surface area (Å²) in [5, 5.41) is 20.9. The van der Waals surface area contributed by atoms with E-state index < -0.39 is 36.2 Å². The summed E-state index contributed by atoms with van der Waals surface area (Å²) < 4.78 is 18.7. The van der Waals surface area contributed by atoms with E-state index in [2.05, 4.69) is 17.0 Å². The number of halogens is 1. The number of esters is 2. The second kappa shape index (κ2) is 18.8. The van der Waals surface area contributed by atoms with E-state index in [1.54, 1.807) is 0 Å². The Morgan fingerprint density at radius 2 is 1.40 bits per heavy atom. The number of hydrogen-bond donors (Lipinski definition) is 3. The molecule has 0 heterocycles. The smallest absolute Gasteiger partial charge is 0.345 e. The first-order valence-corrected chi connectivity index (χ1v) is 13.0. The van der Waals surface area contributed by atoms with E-state index in [0.29, 0.717) is 6.54 Å². The molecule has 0 aliphatic carbocycles. The van der Waals surface area contributed by atoms with Crippen LogP contribution in [0.4, 0.5) is 10.1 Å². The van der Waals surface area contributed by atoms with Gasteiger partial charge in [-0.25, -0.2) is 14.0 Å². The fourth-order valence-electron chi connectivity index (χ4n) is 3.80. The van der Waals surface area contributed by atoms with Crippen LogP contribution in [0.5, 0.6) is 0 Å². The molecular weight excluding hydrogens is 453 g/mol. The van der Waals surface area contributed by atoms with Gasteiger partial charge in [0.25, 0.3) is 0 Å².